The van der Waals surface area contributed by atoms with Crippen molar-refractivity contribution < 1.29 is 14.4 Å². The number of hydroxylamine groups is 1. The molecule has 0 heterocycles. The number of methoxy groups -OCH3 is 1. The number of ether oxygens (including phenoxy) is 1. The van der Waals surface area contributed by atoms with Crippen molar-refractivity contribution in [2.45, 2.75) is 6.61 Å². The molecule has 0 saturated heterocycles. The lowest BCUT2D eigenvalue weighted by atomic mass is 10.2. The van der Waals surface area contributed by atoms with Crippen LogP contribution in [0.3, 0.4) is 0 Å². The minimum Gasteiger partial charge on any atom is -0.497 e. The molecule has 0 fully saturated rings. The molecule has 0 atom stereocenters. The van der Waals surface area contributed by atoms with E-state index in [0.717, 1.165) is 17.6 Å². The van der Waals surface area contributed by atoms with Crippen LogP contribution in [-0.4, -0.2) is 19.9 Å². The first-order valence-electron chi connectivity index (χ1n) is 4.28. The number of carbonyl (C=O) groups excluding carboxylic acids is 1. The molecule has 0 saturated carbocycles. The number of carbonyl (C=O) groups is 1. The Labute approximate surface area is 82.8 Å². The lowest BCUT2D eigenvalue weighted by Gasteiger charge is -2.04. The Balaban J connectivity index is 2.32. The average Bonchev–Trinajstić information content (AvgIpc) is 2.25. The smallest absolute Gasteiger partial charge is 0.136 e. The van der Waals surface area contributed by atoms with Crippen molar-refractivity contribution in [1.29, 1.82) is 0 Å². The van der Waals surface area contributed by atoms with Crippen molar-refractivity contribution in [3.63, 3.8) is 0 Å². The van der Waals surface area contributed by atoms with Crippen molar-refractivity contribution in [2.75, 3.05) is 13.7 Å². The first kappa shape index (κ1) is 10.7. The van der Waals surface area contributed by atoms with Crippen LogP contribution < -0.4 is 10.2 Å². The Bertz CT molecular complexity index is 271. The molecule has 0 aliphatic heterocycles. The summed E-state index contributed by atoms with van der Waals surface area (Å²) in [6.07, 6.45) is 0.744. The second-order valence-corrected chi connectivity index (χ2v) is 2.65. The van der Waals surface area contributed by atoms with Crippen LogP contribution in [0.4, 0.5) is 0 Å². The van der Waals surface area contributed by atoms with Gasteiger partial charge in [-0.3, -0.25) is 4.84 Å². The fourth-order valence-electron chi connectivity index (χ4n) is 0.949. The van der Waals surface area contributed by atoms with Gasteiger partial charge in [0.05, 0.1) is 20.3 Å². The topological polar surface area (TPSA) is 47.6 Å². The van der Waals surface area contributed by atoms with Gasteiger partial charge in [-0.25, -0.2) is 0 Å². The van der Waals surface area contributed by atoms with Gasteiger partial charge in [-0.05, 0) is 17.7 Å². The van der Waals surface area contributed by atoms with Gasteiger partial charge in [0.15, 0.2) is 0 Å². The molecule has 1 rings (SSSR count). The summed E-state index contributed by atoms with van der Waals surface area (Å²) in [5.41, 5.74) is 3.53. The molecule has 1 aromatic carbocycles. The highest BCUT2D eigenvalue weighted by Gasteiger charge is 1.94. The van der Waals surface area contributed by atoms with Gasteiger partial charge in [0.25, 0.3) is 0 Å². The lowest BCUT2D eigenvalue weighted by molar-refractivity contribution is -0.109. The number of aldehydes is 1. The van der Waals surface area contributed by atoms with Crippen molar-refractivity contribution in [1.82, 2.24) is 5.48 Å². The third-order valence-corrected chi connectivity index (χ3v) is 1.67. The molecule has 0 aliphatic rings. The molecular weight excluding hydrogens is 182 g/mol. The molecule has 76 valence electrons. The molecule has 0 aromatic heterocycles. The highest BCUT2D eigenvalue weighted by molar-refractivity contribution is 5.51. The van der Waals surface area contributed by atoms with Crippen molar-refractivity contribution in [3.05, 3.63) is 29.8 Å². The van der Waals surface area contributed by atoms with Crippen LogP contribution in [0.1, 0.15) is 5.56 Å². The largest absolute Gasteiger partial charge is 0.497 e. The fourth-order valence-corrected chi connectivity index (χ4v) is 0.949. The zero-order valence-corrected chi connectivity index (χ0v) is 8.03. The van der Waals surface area contributed by atoms with Gasteiger partial charge in [-0.2, -0.15) is 5.48 Å². The van der Waals surface area contributed by atoms with E-state index in [4.69, 9.17) is 9.57 Å². The summed E-state index contributed by atoms with van der Waals surface area (Å²) in [5, 5.41) is 0. The third-order valence-electron chi connectivity index (χ3n) is 1.67. The third kappa shape index (κ3) is 3.55. The standard InChI is InChI=1S/C10H13NO3/c1-13-10-4-2-9(3-5-10)8-14-11-6-7-12/h2-5,7,11H,6,8H2,1H3. The van der Waals surface area contributed by atoms with Crippen LogP contribution in [-0.2, 0) is 16.2 Å². The van der Waals surface area contributed by atoms with Gasteiger partial charge >= 0.3 is 0 Å². The maximum absolute atomic E-state index is 9.94. The zero-order valence-electron chi connectivity index (χ0n) is 8.03. The first-order chi connectivity index (χ1) is 6.86. The van der Waals surface area contributed by atoms with Gasteiger partial charge in [-0.1, -0.05) is 12.1 Å². The average molecular weight is 195 g/mol. The Hall–Kier alpha value is -1.39. The Morgan fingerprint density at radius 3 is 2.64 bits per heavy atom. The number of hydrogen-bond donors (Lipinski definition) is 1. The maximum Gasteiger partial charge on any atom is 0.136 e. The predicted molar refractivity (Wildman–Crippen MR) is 51.8 cm³/mol. The summed E-state index contributed by atoms with van der Waals surface area (Å²) >= 11 is 0. The zero-order chi connectivity index (χ0) is 10.2. The van der Waals surface area contributed by atoms with Crippen LogP contribution in [0.15, 0.2) is 24.3 Å². The summed E-state index contributed by atoms with van der Waals surface area (Å²) in [5.74, 6) is 0.814. The molecule has 0 bridgehead atoms. The van der Waals surface area contributed by atoms with Gasteiger partial charge in [0.1, 0.15) is 12.0 Å². The van der Waals surface area contributed by atoms with E-state index in [1.807, 2.05) is 24.3 Å². The summed E-state index contributed by atoms with van der Waals surface area (Å²) in [4.78, 5) is 15.0. The molecule has 1 N–H and O–H groups in total. The Morgan fingerprint density at radius 1 is 1.36 bits per heavy atom. The van der Waals surface area contributed by atoms with Crippen LogP contribution >= 0.6 is 0 Å². The number of rotatable bonds is 6. The minimum atomic E-state index is 0.205. The SMILES string of the molecule is COc1ccc(CONCC=O)cc1. The molecular formula is C10H13NO3. The molecule has 0 radical (unpaired) electrons. The number of nitrogens with one attached hydrogen (secondary N) is 1. The quantitative estimate of drug-likeness (QED) is 0.416. The molecule has 4 nitrogen and oxygen atoms in total. The van der Waals surface area contributed by atoms with Gasteiger partial charge in [0.2, 0.25) is 0 Å². The molecule has 0 spiro atoms. The van der Waals surface area contributed by atoms with E-state index in [0.29, 0.717) is 6.61 Å². The molecule has 0 amide bonds. The number of benzene rings is 1. The molecule has 0 aliphatic carbocycles. The highest BCUT2D eigenvalue weighted by Crippen LogP contribution is 2.11. The second kappa shape index (κ2) is 6.12. The van der Waals surface area contributed by atoms with E-state index < -0.39 is 0 Å². The molecule has 4 heteroatoms. The second-order valence-electron chi connectivity index (χ2n) is 2.65. The normalized spacial score (nSPS) is 9.79. The van der Waals surface area contributed by atoms with Crippen LogP contribution in [0.25, 0.3) is 0 Å². The van der Waals surface area contributed by atoms with Gasteiger partial charge in [0, 0.05) is 0 Å². The van der Waals surface area contributed by atoms with E-state index in [1.54, 1.807) is 7.11 Å². The first-order valence-corrected chi connectivity index (χ1v) is 4.28. The molecule has 0 unspecified atom stereocenters. The minimum absolute atomic E-state index is 0.205. The van der Waals surface area contributed by atoms with E-state index >= 15 is 0 Å². The van der Waals surface area contributed by atoms with E-state index in [9.17, 15) is 4.79 Å². The summed E-state index contributed by atoms with van der Waals surface area (Å²) in [7, 11) is 1.62. The Kier molecular flexibility index (Phi) is 4.68. The predicted octanol–water partition coefficient (Wildman–Crippen LogP) is 0.915. The summed E-state index contributed by atoms with van der Waals surface area (Å²) < 4.78 is 5.01. The van der Waals surface area contributed by atoms with Crippen LogP contribution in [0.2, 0.25) is 0 Å². The van der Waals surface area contributed by atoms with E-state index in [-0.39, 0.29) is 6.54 Å². The fraction of sp³-hybridized carbons (Fsp3) is 0.300. The number of hydrogen-bond acceptors (Lipinski definition) is 4. The van der Waals surface area contributed by atoms with Gasteiger partial charge < -0.3 is 9.53 Å². The highest BCUT2D eigenvalue weighted by atomic mass is 16.6. The summed E-state index contributed by atoms with van der Waals surface area (Å²) in [6.45, 7) is 0.633. The molecule has 14 heavy (non-hydrogen) atoms. The molecule has 1 aromatic rings. The van der Waals surface area contributed by atoms with Crippen molar-refractivity contribution in [3.8, 4) is 5.75 Å². The van der Waals surface area contributed by atoms with Crippen molar-refractivity contribution >= 4 is 6.29 Å². The van der Waals surface area contributed by atoms with E-state index in [1.165, 1.54) is 0 Å². The Morgan fingerprint density at radius 2 is 2.07 bits per heavy atom. The maximum atomic E-state index is 9.94. The monoisotopic (exact) mass is 195 g/mol. The van der Waals surface area contributed by atoms with Crippen LogP contribution in [0.5, 0.6) is 5.75 Å². The van der Waals surface area contributed by atoms with Crippen LogP contribution in [0, 0.1) is 0 Å². The van der Waals surface area contributed by atoms with E-state index in [2.05, 4.69) is 5.48 Å². The van der Waals surface area contributed by atoms with Gasteiger partial charge in [-0.15, -0.1) is 0 Å². The summed E-state index contributed by atoms with van der Waals surface area (Å²) in [6, 6.07) is 7.53. The lowest BCUT2D eigenvalue weighted by Crippen LogP contribution is -2.16. The van der Waals surface area contributed by atoms with Crippen molar-refractivity contribution in [2.24, 2.45) is 0 Å².